The van der Waals surface area contributed by atoms with Gasteiger partial charge in [-0.25, -0.2) is 0 Å². The van der Waals surface area contributed by atoms with E-state index in [1.807, 2.05) is 0 Å². The van der Waals surface area contributed by atoms with Gasteiger partial charge in [0.1, 0.15) is 12.2 Å². The molecule has 0 bridgehead atoms. The lowest BCUT2D eigenvalue weighted by Crippen LogP contribution is -2.03. The Labute approximate surface area is 74.4 Å². The highest BCUT2D eigenvalue weighted by Crippen LogP contribution is 2.22. The number of aromatic amines is 1. The number of anilines is 1. The van der Waals surface area contributed by atoms with Crippen molar-refractivity contribution in [1.29, 1.82) is 0 Å². The maximum absolute atomic E-state index is 10.3. The van der Waals surface area contributed by atoms with Crippen LogP contribution < -0.4 is 5.32 Å². The highest BCUT2D eigenvalue weighted by molar-refractivity contribution is 5.69. The van der Waals surface area contributed by atoms with Crippen molar-refractivity contribution < 1.29 is 9.90 Å². The summed E-state index contributed by atoms with van der Waals surface area (Å²) in [6, 6.07) is 0.480. The van der Waals surface area contributed by atoms with Crippen molar-refractivity contribution in [2.45, 2.75) is 25.3 Å². The van der Waals surface area contributed by atoms with Gasteiger partial charge in [0.25, 0.3) is 0 Å². The molecule has 0 aliphatic heterocycles. The number of H-pyrrole nitrogens is 1. The average Bonchev–Trinajstić information content (AvgIpc) is 2.73. The molecule has 1 aromatic rings. The minimum absolute atomic E-state index is 0.112. The molecule has 6 nitrogen and oxygen atoms in total. The van der Waals surface area contributed by atoms with Crippen LogP contribution in [0.25, 0.3) is 0 Å². The fourth-order valence-electron chi connectivity index (χ4n) is 0.992. The van der Waals surface area contributed by atoms with E-state index in [2.05, 4.69) is 20.5 Å². The summed E-state index contributed by atoms with van der Waals surface area (Å²) < 4.78 is 0. The Morgan fingerprint density at radius 1 is 1.69 bits per heavy atom. The summed E-state index contributed by atoms with van der Waals surface area (Å²) in [4.78, 5) is 14.3. The lowest BCUT2D eigenvalue weighted by Gasteiger charge is -1.93. The molecule has 0 unspecified atom stereocenters. The van der Waals surface area contributed by atoms with E-state index in [-0.39, 0.29) is 6.42 Å². The monoisotopic (exact) mass is 182 g/mol. The summed E-state index contributed by atoms with van der Waals surface area (Å²) in [6.07, 6.45) is 2.17. The third-order valence-electron chi connectivity index (χ3n) is 1.76. The van der Waals surface area contributed by atoms with Crippen LogP contribution in [0, 0.1) is 0 Å². The SMILES string of the molecule is O=C(O)Cc1nc(NC2CC2)n[nH]1. The van der Waals surface area contributed by atoms with E-state index >= 15 is 0 Å². The molecule has 0 amide bonds. The molecule has 0 radical (unpaired) electrons. The zero-order valence-electron chi connectivity index (χ0n) is 6.95. The molecule has 1 aliphatic rings. The third kappa shape index (κ3) is 2.17. The molecule has 0 atom stereocenters. The van der Waals surface area contributed by atoms with E-state index in [0.29, 0.717) is 17.8 Å². The van der Waals surface area contributed by atoms with Crippen LogP contribution in [0.4, 0.5) is 5.95 Å². The zero-order chi connectivity index (χ0) is 9.26. The van der Waals surface area contributed by atoms with Crippen molar-refractivity contribution in [3.05, 3.63) is 5.82 Å². The molecule has 6 heteroatoms. The maximum atomic E-state index is 10.3. The number of rotatable bonds is 4. The van der Waals surface area contributed by atoms with Crippen LogP contribution in [0.1, 0.15) is 18.7 Å². The standard InChI is InChI=1S/C7H10N4O2/c12-6(13)3-5-9-7(11-10-5)8-4-1-2-4/h4H,1-3H2,(H,12,13)(H2,8,9,10,11). The third-order valence-corrected chi connectivity index (χ3v) is 1.76. The quantitative estimate of drug-likeness (QED) is 0.610. The molecule has 0 spiro atoms. The summed E-state index contributed by atoms with van der Waals surface area (Å²) in [5.41, 5.74) is 0. The zero-order valence-corrected chi connectivity index (χ0v) is 6.95. The van der Waals surface area contributed by atoms with Crippen molar-refractivity contribution >= 4 is 11.9 Å². The topological polar surface area (TPSA) is 90.9 Å². The molecule has 1 saturated carbocycles. The molecule has 1 aliphatic carbocycles. The average molecular weight is 182 g/mol. The Morgan fingerprint density at radius 3 is 3.08 bits per heavy atom. The molecular weight excluding hydrogens is 172 g/mol. The van der Waals surface area contributed by atoms with Gasteiger partial charge >= 0.3 is 5.97 Å². The van der Waals surface area contributed by atoms with Crippen molar-refractivity contribution in [3.63, 3.8) is 0 Å². The number of carbonyl (C=O) groups is 1. The second-order valence-electron chi connectivity index (χ2n) is 3.09. The Hall–Kier alpha value is -1.59. The predicted octanol–water partition coefficient (Wildman–Crippen LogP) is 0.00610. The minimum atomic E-state index is -0.908. The molecular formula is C7H10N4O2. The summed E-state index contributed by atoms with van der Waals surface area (Å²) in [6.45, 7) is 0. The largest absolute Gasteiger partial charge is 0.481 e. The van der Waals surface area contributed by atoms with Gasteiger partial charge in [-0.2, -0.15) is 4.98 Å². The second kappa shape index (κ2) is 3.04. The van der Waals surface area contributed by atoms with E-state index in [1.165, 1.54) is 0 Å². The molecule has 0 saturated heterocycles. The number of nitrogens with zero attached hydrogens (tertiary/aromatic N) is 2. The van der Waals surface area contributed by atoms with E-state index in [9.17, 15) is 4.79 Å². The Balaban J connectivity index is 1.95. The predicted molar refractivity (Wildman–Crippen MR) is 44.4 cm³/mol. The van der Waals surface area contributed by atoms with Crippen LogP contribution in [0.5, 0.6) is 0 Å². The minimum Gasteiger partial charge on any atom is -0.481 e. The van der Waals surface area contributed by atoms with E-state index < -0.39 is 5.97 Å². The van der Waals surface area contributed by atoms with E-state index in [0.717, 1.165) is 12.8 Å². The molecule has 0 aromatic carbocycles. The van der Waals surface area contributed by atoms with Crippen molar-refractivity contribution in [3.8, 4) is 0 Å². The molecule has 1 heterocycles. The smallest absolute Gasteiger partial charge is 0.311 e. The first kappa shape index (κ1) is 8.03. The fraction of sp³-hybridized carbons (Fsp3) is 0.571. The lowest BCUT2D eigenvalue weighted by atomic mass is 10.4. The summed E-state index contributed by atoms with van der Waals surface area (Å²) in [7, 11) is 0. The summed E-state index contributed by atoms with van der Waals surface area (Å²) >= 11 is 0. The van der Waals surface area contributed by atoms with Crippen LogP contribution in [-0.2, 0) is 11.2 Å². The maximum Gasteiger partial charge on any atom is 0.311 e. The molecule has 1 aromatic heterocycles. The molecule has 13 heavy (non-hydrogen) atoms. The Kier molecular flexibility index (Phi) is 1.88. The summed E-state index contributed by atoms with van der Waals surface area (Å²) in [5.74, 6) is -0.0245. The van der Waals surface area contributed by atoms with Crippen LogP contribution >= 0.6 is 0 Å². The van der Waals surface area contributed by atoms with E-state index in [4.69, 9.17) is 5.11 Å². The van der Waals surface area contributed by atoms with Gasteiger partial charge in [-0.1, -0.05) is 0 Å². The van der Waals surface area contributed by atoms with Gasteiger partial charge in [-0.05, 0) is 12.8 Å². The van der Waals surface area contributed by atoms with Crippen LogP contribution in [0.3, 0.4) is 0 Å². The van der Waals surface area contributed by atoms with Gasteiger partial charge in [0.2, 0.25) is 5.95 Å². The molecule has 1 fully saturated rings. The number of carboxylic acid groups (broad SMARTS) is 1. The van der Waals surface area contributed by atoms with Crippen LogP contribution in [-0.4, -0.2) is 32.3 Å². The Morgan fingerprint density at radius 2 is 2.46 bits per heavy atom. The highest BCUT2D eigenvalue weighted by atomic mass is 16.4. The molecule has 3 N–H and O–H groups in total. The van der Waals surface area contributed by atoms with Gasteiger partial charge in [-0.15, -0.1) is 5.10 Å². The van der Waals surface area contributed by atoms with Crippen LogP contribution in [0.2, 0.25) is 0 Å². The number of nitrogens with one attached hydrogen (secondary N) is 2. The number of aromatic nitrogens is 3. The lowest BCUT2D eigenvalue weighted by molar-refractivity contribution is -0.136. The van der Waals surface area contributed by atoms with Crippen LogP contribution in [0.15, 0.2) is 0 Å². The van der Waals surface area contributed by atoms with Gasteiger partial charge < -0.3 is 10.4 Å². The highest BCUT2D eigenvalue weighted by Gasteiger charge is 2.22. The first-order valence-electron chi connectivity index (χ1n) is 4.13. The van der Waals surface area contributed by atoms with Gasteiger partial charge in [0, 0.05) is 6.04 Å². The van der Waals surface area contributed by atoms with Crippen molar-refractivity contribution in [2.75, 3.05) is 5.32 Å². The van der Waals surface area contributed by atoms with Crippen molar-refractivity contribution in [1.82, 2.24) is 15.2 Å². The van der Waals surface area contributed by atoms with Gasteiger partial charge in [0.15, 0.2) is 0 Å². The normalized spacial score (nSPS) is 15.7. The molecule has 2 rings (SSSR count). The van der Waals surface area contributed by atoms with E-state index in [1.54, 1.807) is 0 Å². The number of aliphatic carboxylic acids is 1. The van der Waals surface area contributed by atoms with Crippen molar-refractivity contribution in [2.24, 2.45) is 0 Å². The Bertz CT molecular complexity index is 318. The number of hydrogen-bond acceptors (Lipinski definition) is 4. The second-order valence-corrected chi connectivity index (χ2v) is 3.09. The van der Waals surface area contributed by atoms with Gasteiger partial charge in [0.05, 0.1) is 0 Å². The first-order chi connectivity index (χ1) is 6.24. The first-order valence-corrected chi connectivity index (χ1v) is 4.13. The fourth-order valence-corrected chi connectivity index (χ4v) is 0.992. The number of hydrogen-bond donors (Lipinski definition) is 3. The molecule has 70 valence electrons. The summed E-state index contributed by atoms with van der Waals surface area (Å²) in [5, 5.41) is 17.9. The van der Waals surface area contributed by atoms with Gasteiger partial charge in [-0.3, -0.25) is 9.89 Å². The number of carboxylic acids is 1.